The fourth-order valence-corrected chi connectivity index (χ4v) is 3.97. The van der Waals surface area contributed by atoms with Gasteiger partial charge in [0.15, 0.2) is 11.5 Å². The minimum atomic E-state index is -0.680. The number of carbonyl (C=O) groups is 1. The fourth-order valence-electron chi connectivity index (χ4n) is 3.31. The Morgan fingerprint density at radius 1 is 1.19 bits per heavy atom. The molecule has 0 saturated heterocycles. The van der Waals surface area contributed by atoms with Crippen molar-refractivity contribution in [2.45, 2.75) is 12.3 Å². The number of hydrogen-bond donors (Lipinski definition) is 1. The topological polar surface area (TPSA) is 85.8 Å². The summed E-state index contributed by atoms with van der Waals surface area (Å²) in [5.41, 5.74) is 1.61. The molecule has 0 saturated carbocycles. The van der Waals surface area contributed by atoms with Crippen molar-refractivity contribution >= 4 is 40.7 Å². The highest BCUT2D eigenvalue weighted by atomic mass is 35.5. The number of pyridine rings is 1. The van der Waals surface area contributed by atoms with E-state index in [1.54, 1.807) is 35.1 Å². The lowest BCUT2D eigenvalue weighted by atomic mass is 9.80. The van der Waals surface area contributed by atoms with Crippen LogP contribution in [0.4, 0.5) is 0 Å². The number of nitrogens with zero attached hydrogens (tertiary/aromatic N) is 4. The summed E-state index contributed by atoms with van der Waals surface area (Å²) in [7, 11) is 1.83. The number of benzene rings is 1. The van der Waals surface area contributed by atoms with Gasteiger partial charge in [0.25, 0.3) is 5.91 Å². The average Bonchev–Trinajstić information content (AvgIpc) is 3.41. The third-order valence-electron chi connectivity index (χ3n) is 5.16. The molecule has 1 atom stereocenters. The van der Waals surface area contributed by atoms with Crippen molar-refractivity contribution in [2.75, 3.05) is 6.54 Å². The third kappa shape index (κ3) is 4.50. The zero-order chi connectivity index (χ0) is 22.9. The van der Waals surface area contributed by atoms with Gasteiger partial charge in [0.05, 0.1) is 22.3 Å². The third-order valence-corrected chi connectivity index (χ3v) is 5.92. The molecule has 10 heteroatoms. The van der Waals surface area contributed by atoms with E-state index in [0.29, 0.717) is 32.2 Å². The van der Waals surface area contributed by atoms with E-state index in [1.807, 2.05) is 32.3 Å². The van der Waals surface area contributed by atoms with E-state index in [1.165, 1.54) is 6.07 Å². The van der Waals surface area contributed by atoms with Crippen molar-refractivity contribution in [1.82, 2.24) is 25.2 Å². The number of hydrogen-bond acceptors (Lipinski definition) is 5. The van der Waals surface area contributed by atoms with Crippen LogP contribution in [0.15, 0.2) is 59.4 Å². The molecule has 1 aromatic carbocycles. The van der Waals surface area contributed by atoms with Crippen molar-refractivity contribution in [3.63, 3.8) is 0 Å². The van der Waals surface area contributed by atoms with Crippen LogP contribution in [0.3, 0.4) is 0 Å². The SMILES string of the molecule is Cn1cc(C(C)(CNC(=O)c2cc(-c3ccc(Cl)cc3Cl)on2)c2cccc(Cl)n2)cn1. The highest BCUT2D eigenvalue weighted by Crippen LogP contribution is 2.32. The number of nitrogens with one attached hydrogen (secondary N) is 1. The molecule has 4 aromatic rings. The fraction of sp³-hybridized carbons (Fsp3) is 0.182. The van der Waals surface area contributed by atoms with E-state index in [2.05, 4.69) is 20.6 Å². The predicted octanol–water partition coefficient (Wildman–Crippen LogP) is 5.17. The molecule has 3 heterocycles. The summed E-state index contributed by atoms with van der Waals surface area (Å²) in [5, 5.41) is 12.3. The Bertz CT molecular complexity index is 1290. The van der Waals surface area contributed by atoms with Crippen molar-refractivity contribution in [3.05, 3.63) is 87.0 Å². The van der Waals surface area contributed by atoms with E-state index in [4.69, 9.17) is 39.3 Å². The van der Waals surface area contributed by atoms with Gasteiger partial charge in [-0.15, -0.1) is 0 Å². The van der Waals surface area contributed by atoms with Gasteiger partial charge in [0.2, 0.25) is 0 Å². The molecular weight excluding hydrogens is 473 g/mol. The summed E-state index contributed by atoms with van der Waals surface area (Å²) in [6.45, 7) is 2.19. The lowest BCUT2D eigenvalue weighted by Crippen LogP contribution is -2.40. The molecule has 0 radical (unpaired) electrons. The first kappa shape index (κ1) is 22.3. The van der Waals surface area contributed by atoms with E-state index < -0.39 is 11.3 Å². The molecule has 0 aliphatic rings. The lowest BCUT2D eigenvalue weighted by Gasteiger charge is -2.28. The number of amides is 1. The van der Waals surface area contributed by atoms with Gasteiger partial charge in [-0.3, -0.25) is 9.48 Å². The molecule has 0 spiro atoms. The first-order valence-corrected chi connectivity index (χ1v) is 10.7. The van der Waals surface area contributed by atoms with Crippen LogP contribution in [0.2, 0.25) is 15.2 Å². The second-order valence-electron chi connectivity index (χ2n) is 7.46. The highest BCUT2D eigenvalue weighted by Gasteiger charge is 2.33. The van der Waals surface area contributed by atoms with Crippen LogP contribution in [0.5, 0.6) is 0 Å². The van der Waals surface area contributed by atoms with Crippen molar-refractivity contribution in [3.8, 4) is 11.3 Å². The molecule has 0 fully saturated rings. The molecule has 1 N–H and O–H groups in total. The van der Waals surface area contributed by atoms with Gasteiger partial charge in [-0.05, 0) is 37.3 Å². The van der Waals surface area contributed by atoms with Gasteiger partial charge in [0, 0.05) is 42.0 Å². The summed E-state index contributed by atoms with van der Waals surface area (Å²) in [6.07, 6.45) is 3.62. The molecular formula is C22H18Cl3N5O2. The standard InChI is InChI=1S/C22H18Cl3N5O2/c1-22(13-10-27-30(2)11-13,19-4-3-5-20(25)28-19)12-26-21(31)17-9-18(32-29-17)15-7-6-14(23)8-16(15)24/h3-11H,12H2,1-2H3,(H,26,31). The Morgan fingerprint density at radius 2 is 2.00 bits per heavy atom. The molecule has 3 aromatic heterocycles. The average molecular weight is 491 g/mol. The Balaban J connectivity index is 1.58. The smallest absolute Gasteiger partial charge is 0.273 e. The summed E-state index contributed by atoms with van der Waals surface area (Å²) < 4.78 is 7.03. The zero-order valence-corrected chi connectivity index (χ0v) is 19.4. The first-order chi connectivity index (χ1) is 15.3. The number of rotatable bonds is 6. The van der Waals surface area contributed by atoms with Gasteiger partial charge >= 0.3 is 0 Å². The highest BCUT2D eigenvalue weighted by molar-refractivity contribution is 6.36. The molecule has 32 heavy (non-hydrogen) atoms. The van der Waals surface area contributed by atoms with Gasteiger partial charge < -0.3 is 9.84 Å². The summed E-state index contributed by atoms with van der Waals surface area (Å²) in [6, 6.07) is 11.9. The zero-order valence-electron chi connectivity index (χ0n) is 17.1. The van der Waals surface area contributed by atoms with Gasteiger partial charge in [-0.25, -0.2) is 4.98 Å². The quantitative estimate of drug-likeness (QED) is 0.377. The Hall–Kier alpha value is -2.87. The van der Waals surface area contributed by atoms with Gasteiger partial charge in [0.1, 0.15) is 5.15 Å². The van der Waals surface area contributed by atoms with Gasteiger partial charge in [-0.2, -0.15) is 5.10 Å². The van der Waals surface area contributed by atoms with Crippen LogP contribution < -0.4 is 5.32 Å². The number of aryl methyl sites for hydroxylation is 1. The van der Waals surface area contributed by atoms with E-state index in [0.717, 1.165) is 5.56 Å². The van der Waals surface area contributed by atoms with Crippen LogP contribution in [0, 0.1) is 0 Å². The van der Waals surface area contributed by atoms with Crippen LogP contribution in [-0.2, 0) is 12.5 Å². The van der Waals surface area contributed by atoms with Gasteiger partial charge in [-0.1, -0.05) is 46.0 Å². The predicted molar refractivity (Wildman–Crippen MR) is 123 cm³/mol. The van der Waals surface area contributed by atoms with Crippen molar-refractivity contribution in [1.29, 1.82) is 0 Å². The summed E-state index contributed by atoms with van der Waals surface area (Å²) in [5.74, 6) is -0.0365. The number of aromatic nitrogens is 4. The largest absolute Gasteiger partial charge is 0.355 e. The molecule has 0 aliphatic carbocycles. The minimum absolute atomic E-state index is 0.124. The second-order valence-corrected chi connectivity index (χ2v) is 8.69. The molecule has 0 bridgehead atoms. The summed E-state index contributed by atoms with van der Waals surface area (Å²) in [4.78, 5) is 17.3. The minimum Gasteiger partial charge on any atom is -0.355 e. The maximum atomic E-state index is 12.9. The van der Waals surface area contributed by atoms with Crippen LogP contribution in [0.25, 0.3) is 11.3 Å². The molecule has 7 nitrogen and oxygen atoms in total. The van der Waals surface area contributed by atoms with E-state index >= 15 is 0 Å². The van der Waals surface area contributed by atoms with Crippen LogP contribution in [0.1, 0.15) is 28.7 Å². The lowest BCUT2D eigenvalue weighted by molar-refractivity contribution is 0.0938. The Kier molecular flexibility index (Phi) is 6.24. The Morgan fingerprint density at radius 3 is 2.69 bits per heavy atom. The maximum Gasteiger partial charge on any atom is 0.273 e. The Labute approximate surface area is 199 Å². The molecule has 164 valence electrons. The second kappa shape index (κ2) is 8.94. The molecule has 1 unspecified atom stereocenters. The molecule has 0 aliphatic heterocycles. The van der Waals surface area contributed by atoms with E-state index in [-0.39, 0.29) is 12.2 Å². The van der Waals surface area contributed by atoms with Crippen molar-refractivity contribution < 1.29 is 9.32 Å². The molecule has 4 rings (SSSR count). The van der Waals surface area contributed by atoms with Crippen LogP contribution >= 0.6 is 34.8 Å². The summed E-state index contributed by atoms with van der Waals surface area (Å²) >= 11 is 18.3. The molecule has 1 amide bonds. The normalized spacial score (nSPS) is 13.0. The number of halogens is 3. The number of carbonyl (C=O) groups excluding carboxylic acids is 1. The van der Waals surface area contributed by atoms with E-state index in [9.17, 15) is 4.79 Å². The van der Waals surface area contributed by atoms with Crippen molar-refractivity contribution in [2.24, 2.45) is 7.05 Å². The maximum absolute atomic E-state index is 12.9. The van der Waals surface area contributed by atoms with Crippen LogP contribution in [-0.4, -0.2) is 32.4 Å². The monoisotopic (exact) mass is 489 g/mol. The first-order valence-electron chi connectivity index (χ1n) is 9.59.